The Bertz CT molecular complexity index is 2340. The normalized spacial score (nSPS) is 11.6. The van der Waals surface area contributed by atoms with E-state index in [2.05, 4.69) is 21.1 Å². The number of nitro benzene ring substituents is 2. The van der Waals surface area contributed by atoms with E-state index in [4.69, 9.17) is 0 Å². The van der Waals surface area contributed by atoms with E-state index < -0.39 is 66.2 Å². The first-order valence-electron chi connectivity index (χ1n) is 16.1. The summed E-state index contributed by atoms with van der Waals surface area (Å²) >= 11 is 0. The van der Waals surface area contributed by atoms with Crippen molar-refractivity contribution < 1.29 is 36.3 Å². The molecule has 0 aliphatic rings. The number of carbonyl (C=O) groups excluding carboxylic acids is 2. The minimum absolute atomic E-state index is 0.144. The third kappa shape index (κ3) is 10.0. The topological polar surface area (TPSA) is 244 Å². The number of para-hydroxylation sites is 2. The van der Waals surface area contributed by atoms with Crippen molar-refractivity contribution in [2.75, 3.05) is 21.7 Å². The lowest BCUT2D eigenvalue weighted by atomic mass is 10.2. The fourth-order valence-corrected chi connectivity index (χ4v) is 7.87. The predicted octanol–water partition coefficient (Wildman–Crippen LogP) is 4.19. The van der Waals surface area contributed by atoms with Crippen LogP contribution in [0.2, 0.25) is 0 Å². The Morgan fingerprint density at radius 3 is 1.25 bits per heavy atom. The van der Waals surface area contributed by atoms with Crippen LogP contribution in [-0.2, 0) is 29.6 Å². The smallest absolute Gasteiger partial charge is 0.270 e. The second-order valence-electron chi connectivity index (χ2n) is 11.5. The molecule has 0 saturated heterocycles. The zero-order valence-electron chi connectivity index (χ0n) is 28.9. The lowest BCUT2D eigenvalue weighted by molar-refractivity contribution is -0.385. The van der Waals surface area contributed by atoms with Crippen molar-refractivity contribution in [3.63, 3.8) is 0 Å². The first-order valence-corrected chi connectivity index (χ1v) is 19.0. The number of nitrogens with one attached hydrogen (secondary N) is 2. The quantitative estimate of drug-likeness (QED) is 0.0819. The van der Waals surface area contributed by atoms with Gasteiger partial charge in [0.05, 0.1) is 43.4 Å². The highest BCUT2D eigenvalue weighted by Gasteiger charge is 2.30. The molecule has 0 aliphatic heterocycles. The van der Waals surface area contributed by atoms with Gasteiger partial charge in [-0.2, -0.15) is 10.2 Å². The number of rotatable bonds is 16. The molecule has 0 aliphatic carbocycles. The Labute approximate surface area is 319 Å². The van der Waals surface area contributed by atoms with Gasteiger partial charge in [0.1, 0.15) is 13.1 Å². The lowest BCUT2D eigenvalue weighted by Gasteiger charge is -2.23. The molecule has 0 heterocycles. The zero-order valence-corrected chi connectivity index (χ0v) is 30.5. The third-order valence-electron chi connectivity index (χ3n) is 7.64. The molecule has 0 unspecified atom stereocenters. The first-order chi connectivity index (χ1) is 26.8. The molecule has 5 aromatic carbocycles. The summed E-state index contributed by atoms with van der Waals surface area (Å²) in [5, 5.41) is 30.3. The van der Waals surface area contributed by atoms with Gasteiger partial charge in [-0.3, -0.25) is 38.4 Å². The number of carbonyl (C=O) groups is 2. The molecule has 0 atom stereocenters. The Hall–Kier alpha value is -7.32. The van der Waals surface area contributed by atoms with Crippen molar-refractivity contribution >= 4 is 67.0 Å². The fourth-order valence-electron chi connectivity index (χ4n) is 4.95. The van der Waals surface area contributed by atoms with Gasteiger partial charge in [-0.1, -0.05) is 72.8 Å². The Kier molecular flexibility index (Phi) is 12.6. The summed E-state index contributed by atoms with van der Waals surface area (Å²) in [6, 6.07) is 30.8. The monoisotopic (exact) mass is 798 g/mol. The van der Waals surface area contributed by atoms with Crippen LogP contribution in [0, 0.1) is 20.2 Å². The van der Waals surface area contributed by atoms with E-state index in [0.717, 1.165) is 32.9 Å². The van der Waals surface area contributed by atoms with Crippen molar-refractivity contribution in [1.82, 2.24) is 10.9 Å². The number of amides is 2. The van der Waals surface area contributed by atoms with Gasteiger partial charge in [-0.25, -0.2) is 27.7 Å². The van der Waals surface area contributed by atoms with E-state index in [-0.39, 0.29) is 21.2 Å². The fraction of sp³-hybridized carbons (Fsp3) is 0.0556. The third-order valence-corrected chi connectivity index (χ3v) is 11.2. The number of nitro groups is 2. The molecule has 5 rings (SSSR count). The average Bonchev–Trinajstić information content (AvgIpc) is 3.20. The molecule has 5 aromatic rings. The summed E-state index contributed by atoms with van der Waals surface area (Å²) in [6.45, 7) is -1.39. The number of hydrogen-bond acceptors (Lipinski definition) is 12. The highest BCUT2D eigenvalue weighted by Crippen LogP contribution is 2.27. The second-order valence-corrected chi connectivity index (χ2v) is 15.2. The van der Waals surface area contributed by atoms with Crippen molar-refractivity contribution in [2.45, 2.75) is 9.79 Å². The molecule has 0 aromatic heterocycles. The van der Waals surface area contributed by atoms with Gasteiger partial charge in [-0.05, 0) is 47.5 Å². The largest absolute Gasteiger partial charge is 0.271 e. The Morgan fingerprint density at radius 2 is 0.911 bits per heavy atom. The molecule has 0 bridgehead atoms. The van der Waals surface area contributed by atoms with Gasteiger partial charge in [-0.15, -0.1) is 0 Å². The van der Waals surface area contributed by atoms with E-state index >= 15 is 0 Å². The minimum atomic E-state index is -4.41. The standard InChI is InChI=1S/C36H30N8O10S2/c45-35(25-41(29-9-3-1-4-10-29)55(51,52)33-15-7-13-31(21-33)43(47)48)39-37-23-27-17-19-28(20-18-27)24-38-40-36(46)26-42(30-11-5-2-6-12-30)56(53,54)34-16-8-14-32(22-34)44(49)50/h1-24H,25-26H2,(H,39,45)(H,40,46). The van der Waals surface area contributed by atoms with E-state index in [0.29, 0.717) is 11.1 Å². The number of sulfonamides is 2. The molecule has 18 nitrogen and oxygen atoms in total. The van der Waals surface area contributed by atoms with Crippen molar-refractivity contribution in [3.05, 3.63) is 165 Å². The number of hydrogen-bond donors (Lipinski definition) is 2. The van der Waals surface area contributed by atoms with E-state index in [9.17, 15) is 46.7 Å². The maximum absolute atomic E-state index is 13.5. The summed E-state index contributed by atoms with van der Waals surface area (Å²) in [5.74, 6) is -1.61. The summed E-state index contributed by atoms with van der Waals surface area (Å²) in [4.78, 5) is 46.0. The molecular weight excluding hydrogens is 769 g/mol. The number of hydrazone groups is 2. The maximum atomic E-state index is 13.5. The van der Waals surface area contributed by atoms with Crippen LogP contribution in [0.4, 0.5) is 22.7 Å². The summed E-state index contributed by atoms with van der Waals surface area (Å²) < 4.78 is 55.7. The van der Waals surface area contributed by atoms with Gasteiger partial charge < -0.3 is 0 Å². The van der Waals surface area contributed by atoms with Crippen LogP contribution in [-0.4, -0.2) is 64.0 Å². The number of benzene rings is 5. The van der Waals surface area contributed by atoms with Gasteiger partial charge in [0.2, 0.25) is 0 Å². The minimum Gasteiger partial charge on any atom is -0.271 e. The second kappa shape index (κ2) is 17.7. The highest BCUT2D eigenvalue weighted by atomic mass is 32.2. The molecule has 0 saturated carbocycles. The van der Waals surface area contributed by atoms with Crippen molar-refractivity contribution in [1.29, 1.82) is 0 Å². The summed E-state index contributed by atoms with van der Waals surface area (Å²) in [6.07, 6.45) is 2.59. The summed E-state index contributed by atoms with van der Waals surface area (Å²) in [5.41, 5.74) is 4.98. The highest BCUT2D eigenvalue weighted by molar-refractivity contribution is 7.93. The first kappa shape index (κ1) is 39.9. The molecule has 2 N–H and O–H groups in total. The van der Waals surface area contributed by atoms with Crippen LogP contribution < -0.4 is 19.5 Å². The van der Waals surface area contributed by atoms with Gasteiger partial charge in [0.25, 0.3) is 43.2 Å². The van der Waals surface area contributed by atoms with Gasteiger partial charge in [0, 0.05) is 24.3 Å². The molecule has 0 radical (unpaired) electrons. The van der Waals surface area contributed by atoms with Crippen LogP contribution in [0.5, 0.6) is 0 Å². The van der Waals surface area contributed by atoms with E-state index in [1.807, 2.05) is 0 Å². The van der Waals surface area contributed by atoms with Crippen LogP contribution in [0.1, 0.15) is 11.1 Å². The Morgan fingerprint density at radius 1 is 0.554 bits per heavy atom. The number of anilines is 2. The molecule has 56 heavy (non-hydrogen) atoms. The van der Waals surface area contributed by atoms with Crippen LogP contribution in [0.25, 0.3) is 0 Å². The molecule has 2 amide bonds. The van der Waals surface area contributed by atoms with Crippen molar-refractivity contribution in [2.24, 2.45) is 10.2 Å². The average molecular weight is 799 g/mol. The van der Waals surface area contributed by atoms with Crippen LogP contribution >= 0.6 is 0 Å². The number of nitrogens with zero attached hydrogens (tertiary/aromatic N) is 6. The van der Waals surface area contributed by atoms with E-state index in [1.54, 1.807) is 60.7 Å². The SMILES string of the molecule is O=C(CN(c1ccccc1)S(=O)(=O)c1cccc([N+](=O)[O-])c1)NN=Cc1ccc(C=NNC(=O)CN(c2ccccc2)S(=O)(=O)c2cccc([N+](=O)[O-])c2)cc1. The van der Waals surface area contributed by atoms with E-state index in [1.165, 1.54) is 61.0 Å². The predicted molar refractivity (Wildman–Crippen MR) is 206 cm³/mol. The lowest BCUT2D eigenvalue weighted by Crippen LogP contribution is -2.39. The number of non-ortho nitro benzene ring substituents is 2. The molecule has 0 fully saturated rings. The van der Waals surface area contributed by atoms with Gasteiger partial charge >= 0.3 is 0 Å². The Balaban J connectivity index is 1.20. The summed E-state index contributed by atoms with van der Waals surface area (Å²) in [7, 11) is -8.83. The molecule has 20 heteroatoms. The maximum Gasteiger partial charge on any atom is 0.270 e. The molecule has 0 spiro atoms. The molecular formula is C36H30N8O10S2. The van der Waals surface area contributed by atoms with Crippen LogP contribution in [0.15, 0.2) is 153 Å². The molecule has 286 valence electrons. The van der Waals surface area contributed by atoms with Crippen molar-refractivity contribution in [3.8, 4) is 0 Å². The van der Waals surface area contributed by atoms with Gasteiger partial charge in [0.15, 0.2) is 0 Å². The van der Waals surface area contributed by atoms with Crippen LogP contribution in [0.3, 0.4) is 0 Å². The zero-order chi connectivity index (χ0) is 40.3.